The van der Waals surface area contributed by atoms with Gasteiger partial charge in [-0.1, -0.05) is 11.6 Å². The molecule has 1 aromatic heterocycles. The van der Waals surface area contributed by atoms with Crippen molar-refractivity contribution >= 4 is 28.3 Å². The fraction of sp³-hybridized carbons (Fsp3) is 0.556. The Kier molecular flexibility index (Phi) is 4.83. The number of aromatic nitrogens is 2. The fourth-order valence-electron chi connectivity index (χ4n) is 3.87. The minimum absolute atomic E-state index is 0.472. The van der Waals surface area contributed by atoms with Crippen LogP contribution in [0.3, 0.4) is 0 Å². The Bertz CT molecular complexity index is 696. The molecule has 1 aliphatic carbocycles. The maximum atomic E-state index is 6.14. The van der Waals surface area contributed by atoms with Crippen LogP contribution in [0.5, 0.6) is 0 Å². The van der Waals surface area contributed by atoms with Gasteiger partial charge in [-0.25, -0.2) is 9.97 Å². The lowest BCUT2D eigenvalue weighted by molar-refractivity contribution is 0.00791. The molecule has 0 bridgehead atoms. The van der Waals surface area contributed by atoms with Crippen LogP contribution in [0.4, 0.5) is 5.82 Å². The molecule has 1 aliphatic heterocycles. The van der Waals surface area contributed by atoms with Crippen molar-refractivity contribution < 1.29 is 4.74 Å². The zero-order valence-corrected chi connectivity index (χ0v) is 14.5. The molecule has 0 spiro atoms. The SMILES string of the molecule is Clc1ccc2ncnc(N[C@H]3CC[C@H](N4CCOCC4)CC3)c2c1. The summed E-state index contributed by atoms with van der Waals surface area (Å²) in [4.78, 5) is 11.4. The van der Waals surface area contributed by atoms with E-state index in [1.54, 1.807) is 6.33 Å². The van der Waals surface area contributed by atoms with Gasteiger partial charge in [0.15, 0.2) is 0 Å². The van der Waals surface area contributed by atoms with Crippen LogP contribution in [0.2, 0.25) is 5.02 Å². The van der Waals surface area contributed by atoms with Crippen molar-refractivity contribution in [3.05, 3.63) is 29.5 Å². The number of benzene rings is 1. The maximum Gasteiger partial charge on any atom is 0.137 e. The molecule has 2 fully saturated rings. The topological polar surface area (TPSA) is 50.3 Å². The van der Waals surface area contributed by atoms with Gasteiger partial charge in [0.2, 0.25) is 0 Å². The fourth-order valence-corrected chi connectivity index (χ4v) is 4.04. The molecule has 0 unspecified atom stereocenters. The van der Waals surface area contributed by atoms with Crippen molar-refractivity contribution in [1.82, 2.24) is 14.9 Å². The number of ether oxygens (including phenoxy) is 1. The molecule has 0 radical (unpaired) electrons. The van der Waals surface area contributed by atoms with E-state index in [9.17, 15) is 0 Å². The highest BCUT2D eigenvalue weighted by atomic mass is 35.5. The second-order valence-electron chi connectivity index (χ2n) is 6.68. The van der Waals surface area contributed by atoms with Gasteiger partial charge in [-0.2, -0.15) is 0 Å². The van der Waals surface area contributed by atoms with E-state index < -0.39 is 0 Å². The molecule has 6 heteroatoms. The van der Waals surface area contributed by atoms with Crippen molar-refractivity contribution in [2.45, 2.75) is 37.8 Å². The summed E-state index contributed by atoms with van der Waals surface area (Å²) in [5.74, 6) is 0.900. The molecule has 0 atom stereocenters. The van der Waals surface area contributed by atoms with Crippen LogP contribution in [0, 0.1) is 0 Å². The Labute approximate surface area is 147 Å². The minimum atomic E-state index is 0.472. The first-order valence-corrected chi connectivity index (χ1v) is 9.16. The lowest BCUT2D eigenvalue weighted by atomic mass is 9.90. The van der Waals surface area contributed by atoms with Gasteiger partial charge in [0, 0.05) is 35.6 Å². The first-order valence-electron chi connectivity index (χ1n) is 8.78. The molecular weight excluding hydrogens is 324 g/mol. The third-order valence-corrected chi connectivity index (χ3v) is 5.43. The summed E-state index contributed by atoms with van der Waals surface area (Å²) >= 11 is 6.14. The summed E-state index contributed by atoms with van der Waals surface area (Å²) < 4.78 is 5.46. The van der Waals surface area contributed by atoms with Gasteiger partial charge in [0.05, 0.1) is 18.7 Å². The number of rotatable bonds is 3. The number of fused-ring (bicyclic) bond motifs is 1. The van der Waals surface area contributed by atoms with E-state index in [4.69, 9.17) is 16.3 Å². The number of nitrogens with zero attached hydrogens (tertiary/aromatic N) is 3. The maximum absolute atomic E-state index is 6.14. The van der Waals surface area contributed by atoms with Gasteiger partial charge < -0.3 is 10.1 Å². The van der Waals surface area contributed by atoms with Crippen LogP contribution in [0.1, 0.15) is 25.7 Å². The number of hydrogen-bond donors (Lipinski definition) is 1. The second-order valence-corrected chi connectivity index (χ2v) is 7.12. The highest BCUT2D eigenvalue weighted by molar-refractivity contribution is 6.31. The molecule has 5 nitrogen and oxygen atoms in total. The quantitative estimate of drug-likeness (QED) is 0.923. The number of nitrogens with one attached hydrogen (secondary N) is 1. The standard InChI is InChI=1S/C18H23ClN4O/c19-13-1-6-17-16(11-13)18(21-12-20-17)22-14-2-4-15(5-3-14)23-7-9-24-10-8-23/h1,6,11-12,14-15H,2-5,7-10H2,(H,20,21,22)/t14-,15-. The smallest absolute Gasteiger partial charge is 0.137 e. The molecule has 2 heterocycles. The monoisotopic (exact) mass is 346 g/mol. The molecule has 4 rings (SSSR count). The summed E-state index contributed by atoms with van der Waals surface area (Å²) in [6, 6.07) is 6.94. The molecule has 2 aliphatic rings. The van der Waals surface area contributed by atoms with Gasteiger partial charge >= 0.3 is 0 Å². The van der Waals surface area contributed by atoms with E-state index in [1.807, 2.05) is 18.2 Å². The summed E-state index contributed by atoms with van der Waals surface area (Å²) in [5, 5.41) is 5.34. The van der Waals surface area contributed by atoms with Gasteiger partial charge in [-0.3, -0.25) is 4.90 Å². The van der Waals surface area contributed by atoms with E-state index >= 15 is 0 Å². The van der Waals surface area contributed by atoms with E-state index in [0.29, 0.717) is 12.1 Å². The van der Waals surface area contributed by atoms with E-state index in [0.717, 1.165) is 48.0 Å². The van der Waals surface area contributed by atoms with Crippen molar-refractivity contribution in [3.63, 3.8) is 0 Å². The third kappa shape index (κ3) is 3.48. The molecule has 1 aromatic carbocycles. The summed E-state index contributed by atoms with van der Waals surface area (Å²) in [5.41, 5.74) is 0.930. The van der Waals surface area contributed by atoms with Crippen LogP contribution in [0.25, 0.3) is 10.9 Å². The highest BCUT2D eigenvalue weighted by Crippen LogP contribution is 2.28. The van der Waals surface area contributed by atoms with Crippen molar-refractivity contribution in [2.75, 3.05) is 31.6 Å². The Hall–Kier alpha value is -1.43. The highest BCUT2D eigenvalue weighted by Gasteiger charge is 2.27. The van der Waals surface area contributed by atoms with E-state index in [-0.39, 0.29) is 0 Å². The first kappa shape index (κ1) is 16.1. The zero-order chi connectivity index (χ0) is 16.4. The number of halogens is 1. The second kappa shape index (κ2) is 7.21. The Morgan fingerprint density at radius 3 is 2.67 bits per heavy atom. The normalized spacial score (nSPS) is 25.7. The molecule has 24 heavy (non-hydrogen) atoms. The average molecular weight is 347 g/mol. The van der Waals surface area contributed by atoms with Crippen LogP contribution in [0.15, 0.2) is 24.5 Å². The third-order valence-electron chi connectivity index (χ3n) is 5.20. The molecule has 1 saturated heterocycles. The summed E-state index contributed by atoms with van der Waals surface area (Å²) in [7, 11) is 0. The molecule has 1 saturated carbocycles. The summed E-state index contributed by atoms with van der Waals surface area (Å²) in [6.07, 6.45) is 6.45. The van der Waals surface area contributed by atoms with Crippen LogP contribution in [-0.2, 0) is 4.74 Å². The lowest BCUT2D eigenvalue weighted by Gasteiger charge is -2.39. The molecule has 1 N–H and O–H groups in total. The number of morpholine rings is 1. The molecule has 128 valence electrons. The van der Waals surface area contributed by atoms with Crippen LogP contribution >= 0.6 is 11.6 Å². The lowest BCUT2D eigenvalue weighted by Crippen LogP contribution is -2.46. The van der Waals surface area contributed by atoms with Gasteiger partial charge in [-0.15, -0.1) is 0 Å². The van der Waals surface area contributed by atoms with Crippen LogP contribution in [-0.4, -0.2) is 53.3 Å². The molecule has 0 amide bonds. The van der Waals surface area contributed by atoms with E-state index in [2.05, 4.69) is 20.2 Å². The van der Waals surface area contributed by atoms with Gasteiger partial charge in [0.1, 0.15) is 12.1 Å². The van der Waals surface area contributed by atoms with Gasteiger partial charge in [0.25, 0.3) is 0 Å². The molecular formula is C18H23ClN4O. The largest absolute Gasteiger partial charge is 0.379 e. The average Bonchev–Trinajstić information content (AvgIpc) is 2.64. The summed E-state index contributed by atoms with van der Waals surface area (Å²) in [6.45, 7) is 3.92. The Morgan fingerprint density at radius 1 is 1.08 bits per heavy atom. The predicted octanol–water partition coefficient (Wildman–Crippen LogP) is 3.34. The number of hydrogen-bond acceptors (Lipinski definition) is 5. The zero-order valence-electron chi connectivity index (χ0n) is 13.7. The van der Waals surface area contributed by atoms with E-state index in [1.165, 1.54) is 25.7 Å². The first-order chi connectivity index (χ1) is 11.8. The number of anilines is 1. The minimum Gasteiger partial charge on any atom is -0.379 e. The Morgan fingerprint density at radius 2 is 1.88 bits per heavy atom. The van der Waals surface area contributed by atoms with Gasteiger partial charge in [-0.05, 0) is 43.9 Å². The molecule has 2 aromatic rings. The predicted molar refractivity (Wildman–Crippen MR) is 96.6 cm³/mol. The van der Waals surface area contributed by atoms with Crippen molar-refractivity contribution in [3.8, 4) is 0 Å². The van der Waals surface area contributed by atoms with Crippen LogP contribution < -0.4 is 5.32 Å². The van der Waals surface area contributed by atoms with Crippen molar-refractivity contribution in [1.29, 1.82) is 0 Å². The Balaban J connectivity index is 1.41. The van der Waals surface area contributed by atoms with Crippen molar-refractivity contribution in [2.24, 2.45) is 0 Å².